The summed E-state index contributed by atoms with van der Waals surface area (Å²) in [4.78, 5) is 33.7. The Balaban J connectivity index is 0.000000308. The lowest BCUT2D eigenvalue weighted by atomic mass is 10.3. The molecule has 29 heavy (non-hydrogen) atoms. The number of hydrogen-bond acceptors (Lipinski definition) is 7. The maximum Gasteiger partial charge on any atom is 0.358 e. The number of methoxy groups -OCH3 is 1. The zero-order valence-corrected chi connectivity index (χ0v) is 20.3. The Morgan fingerprint density at radius 2 is 1.62 bits per heavy atom. The molecular weight excluding hydrogens is 512 g/mol. The lowest BCUT2D eigenvalue weighted by Gasteiger charge is -2.06. The fourth-order valence-electron chi connectivity index (χ4n) is 2.34. The zero-order chi connectivity index (χ0) is 22.0. The monoisotopic (exact) mass is 536 g/mol. The van der Waals surface area contributed by atoms with E-state index in [9.17, 15) is 9.59 Å². The van der Waals surface area contributed by atoms with Crippen molar-refractivity contribution < 1.29 is 23.8 Å². The predicted molar refractivity (Wildman–Crippen MR) is 114 cm³/mol. The van der Waals surface area contributed by atoms with Gasteiger partial charge in [0.2, 0.25) is 0 Å². The number of nitrogens with one attached hydrogen (secondary N) is 1. The summed E-state index contributed by atoms with van der Waals surface area (Å²) >= 11 is 6.47. The molecule has 0 radical (unpaired) electrons. The Kier molecular flexibility index (Phi) is 11.1. The van der Waals surface area contributed by atoms with E-state index >= 15 is 0 Å². The van der Waals surface area contributed by atoms with Gasteiger partial charge >= 0.3 is 11.9 Å². The van der Waals surface area contributed by atoms with E-state index < -0.39 is 5.97 Å². The molecule has 0 aliphatic rings. The fraction of sp³-hybridized carbons (Fsp3) is 0.556. The minimum absolute atomic E-state index is 0.337. The number of carbonyl (C=O) groups excluding carboxylic acids is 2. The first-order valence-corrected chi connectivity index (χ1v) is 10.6. The molecule has 2 aromatic rings. The summed E-state index contributed by atoms with van der Waals surface area (Å²) in [5, 5.41) is 0. The molecule has 0 aromatic carbocycles. The van der Waals surface area contributed by atoms with Crippen LogP contribution in [0.5, 0.6) is 0 Å². The molecule has 0 unspecified atom stereocenters. The summed E-state index contributed by atoms with van der Waals surface area (Å²) in [5.74, 6) is -0.770. The van der Waals surface area contributed by atoms with Crippen LogP contribution in [0, 0.1) is 13.8 Å². The number of halogens is 2. The van der Waals surface area contributed by atoms with Crippen LogP contribution in [0.2, 0.25) is 0 Å². The maximum absolute atomic E-state index is 11.6. The number of hydrogen-bond donors (Lipinski definition) is 1. The van der Waals surface area contributed by atoms with Crippen molar-refractivity contribution in [1.29, 1.82) is 0 Å². The largest absolute Gasteiger partial charge is 0.461 e. The topological polar surface area (TPSA) is 108 Å². The smallest absolute Gasteiger partial charge is 0.358 e. The van der Waals surface area contributed by atoms with Gasteiger partial charge in [0.15, 0.2) is 20.9 Å². The van der Waals surface area contributed by atoms with Crippen molar-refractivity contribution >= 4 is 43.8 Å². The van der Waals surface area contributed by atoms with Crippen LogP contribution in [0.1, 0.15) is 52.6 Å². The summed E-state index contributed by atoms with van der Waals surface area (Å²) in [6.45, 7) is 9.31. The van der Waals surface area contributed by atoms with Gasteiger partial charge in [0.1, 0.15) is 0 Å². The second-order valence-electron chi connectivity index (χ2n) is 5.76. The molecule has 2 aromatic heterocycles. The Morgan fingerprint density at radius 3 is 2.10 bits per heavy atom. The third kappa shape index (κ3) is 7.56. The number of carbonyl (C=O) groups is 2. The van der Waals surface area contributed by atoms with Gasteiger partial charge in [-0.1, -0.05) is 0 Å². The van der Waals surface area contributed by atoms with E-state index in [1.807, 2.05) is 11.5 Å². The van der Waals surface area contributed by atoms with Crippen LogP contribution in [0.25, 0.3) is 0 Å². The van der Waals surface area contributed by atoms with Crippen LogP contribution in [0.15, 0.2) is 9.47 Å². The van der Waals surface area contributed by atoms with Crippen LogP contribution in [-0.2, 0) is 20.8 Å². The SMILES string of the molecule is CCOC(=O)c1nc(Br)[nH]c1C.CCOC(=O)c1nc(Br)n(CCCOC)c1C. The first-order valence-electron chi connectivity index (χ1n) is 9.04. The molecule has 162 valence electrons. The average molecular weight is 538 g/mol. The number of esters is 2. The number of imidazole rings is 2. The molecule has 1 N–H and O–H groups in total. The van der Waals surface area contributed by atoms with Crippen molar-refractivity contribution in [1.82, 2.24) is 19.5 Å². The molecule has 0 saturated carbocycles. The molecule has 0 aliphatic carbocycles. The lowest BCUT2D eigenvalue weighted by molar-refractivity contribution is 0.0509. The number of aromatic nitrogens is 4. The van der Waals surface area contributed by atoms with Gasteiger partial charge in [-0.25, -0.2) is 19.6 Å². The third-order valence-corrected chi connectivity index (χ3v) is 4.68. The average Bonchev–Trinajstić information content (AvgIpc) is 3.15. The van der Waals surface area contributed by atoms with Crippen molar-refractivity contribution in [3.8, 4) is 0 Å². The van der Waals surface area contributed by atoms with Crippen LogP contribution in [0.3, 0.4) is 0 Å². The fourth-order valence-corrected chi connectivity index (χ4v) is 3.44. The Bertz CT molecular complexity index is 820. The van der Waals surface area contributed by atoms with Crippen LogP contribution >= 0.6 is 31.9 Å². The van der Waals surface area contributed by atoms with Gasteiger partial charge in [-0.2, -0.15) is 0 Å². The Hall–Kier alpha value is -1.72. The second kappa shape index (κ2) is 12.8. The van der Waals surface area contributed by atoms with Crippen molar-refractivity contribution in [2.45, 2.75) is 40.7 Å². The minimum Gasteiger partial charge on any atom is -0.461 e. The summed E-state index contributed by atoms with van der Waals surface area (Å²) in [5.41, 5.74) is 2.23. The summed E-state index contributed by atoms with van der Waals surface area (Å²) in [6, 6.07) is 0. The highest BCUT2D eigenvalue weighted by molar-refractivity contribution is 9.10. The molecule has 2 rings (SSSR count). The molecule has 9 nitrogen and oxygen atoms in total. The Morgan fingerprint density at radius 1 is 1.03 bits per heavy atom. The van der Waals surface area contributed by atoms with E-state index in [2.05, 4.69) is 46.8 Å². The number of aromatic amines is 1. The minimum atomic E-state index is -0.392. The highest BCUT2D eigenvalue weighted by Gasteiger charge is 2.19. The van der Waals surface area contributed by atoms with E-state index in [0.29, 0.717) is 46.4 Å². The molecule has 0 aliphatic heterocycles. The molecule has 0 fully saturated rings. The molecule has 0 bridgehead atoms. The first-order chi connectivity index (χ1) is 13.8. The van der Waals surface area contributed by atoms with Crippen molar-refractivity contribution in [2.24, 2.45) is 0 Å². The van der Waals surface area contributed by atoms with Crippen molar-refractivity contribution in [3.63, 3.8) is 0 Å². The highest BCUT2D eigenvalue weighted by Crippen LogP contribution is 2.17. The number of aryl methyl sites for hydroxylation is 1. The number of H-pyrrole nitrogens is 1. The lowest BCUT2D eigenvalue weighted by Crippen LogP contribution is -2.09. The van der Waals surface area contributed by atoms with Crippen LogP contribution < -0.4 is 0 Å². The number of rotatable bonds is 8. The molecule has 0 saturated heterocycles. The quantitative estimate of drug-likeness (QED) is 0.402. The second-order valence-corrected chi connectivity index (χ2v) is 7.22. The van der Waals surface area contributed by atoms with Gasteiger partial charge in [-0.3, -0.25) is 0 Å². The first kappa shape index (κ1) is 25.3. The zero-order valence-electron chi connectivity index (χ0n) is 17.2. The van der Waals surface area contributed by atoms with Gasteiger partial charge in [-0.05, 0) is 66.0 Å². The molecule has 2 heterocycles. The predicted octanol–water partition coefficient (Wildman–Crippen LogP) is 3.82. The number of ether oxygens (including phenoxy) is 3. The Labute approximate surface area is 186 Å². The molecular formula is C18H26Br2N4O5. The van der Waals surface area contributed by atoms with Gasteiger partial charge in [-0.15, -0.1) is 0 Å². The van der Waals surface area contributed by atoms with Gasteiger partial charge in [0, 0.05) is 26.0 Å². The summed E-state index contributed by atoms with van der Waals surface area (Å²) in [6.07, 6.45) is 0.870. The summed E-state index contributed by atoms with van der Waals surface area (Å²) in [7, 11) is 1.67. The van der Waals surface area contributed by atoms with E-state index in [-0.39, 0.29) is 5.97 Å². The molecule has 0 atom stereocenters. The van der Waals surface area contributed by atoms with E-state index in [0.717, 1.165) is 18.7 Å². The molecule has 0 amide bonds. The number of nitrogens with zero attached hydrogens (tertiary/aromatic N) is 3. The van der Waals surface area contributed by atoms with Gasteiger partial charge < -0.3 is 23.8 Å². The highest BCUT2D eigenvalue weighted by atomic mass is 79.9. The van der Waals surface area contributed by atoms with E-state index in [1.54, 1.807) is 27.9 Å². The van der Waals surface area contributed by atoms with Gasteiger partial charge in [0.05, 0.1) is 18.9 Å². The normalized spacial score (nSPS) is 10.3. The van der Waals surface area contributed by atoms with Crippen molar-refractivity contribution in [2.75, 3.05) is 26.9 Å². The third-order valence-electron chi connectivity index (χ3n) is 3.70. The summed E-state index contributed by atoms with van der Waals surface area (Å²) < 4.78 is 17.8. The van der Waals surface area contributed by atoms with Crippen LogP contribution in [0.4, 0.5) is 0 Å². The van der Waals surface area contributed by atoms with Gasteiger partial charge in [0.25, 0.3) is 0 Å². The molecule has 11 heteroatoms. The molecule has 0 spiro atoms. The maximum atomic E-state index is 11.6. The van der Waals surface area contributed by atoms with E-state index in [4.69, 9.17) is 14.2 Å². The van der Waals surface area contributed by atoms with Crippen LogP contribution in [-0.4, -0.2) is 58.4 Å². The van der Waals surface area contributed by atoms with Crippen molar-refractivity contribution in [3.05, 3.63) is 32.2 Å². The standard InChI is InChI=1S/C11H17BrN2O3.C7H9BrN2O2/c1-4-17-10(15)9-8(2)14(11(12)13-9)6-5-7-16-3;1-3-12-6(11)5-4(2)9-7(8)10-5/h4-7H2,1-3H3;3H2,1-2H3,(H,9,10). The van der Waals surface area contributed by atoms with E-state index in [1.165, 1.54) is 0 Å².